The number of rotatable bonds is 5. The molecule has 1 atom stereocenters. The van der Waals surface area contributed by atoms with Gasteiger partial charge >= 0.3 is 0 Å². The van der Waals surface area contributed by atoms with Crippen molar-refractivity contribution in [2.45, 2.75) is 19.6 Å². The topological polar surface area (TPSA) is 70.1 Å². The fraction of sp³-hybridized carbons (Fsp3) is 0.385. The van der Waals surface area contributed by atoms with Gasteiger partial charge in [0, 0.05) is 13.1 Å². The predicted octanol–water partition coefficient (Wildman–Crippen LogP) is 0.760. The number of aromatic nitrogens is 2. The Labute approximate surface area is 105 Å². The van der Waals surface area contributed by atoms with Crippen LogP contribution in [0.2, 0.25) is 0 Å². The molecule has 96 valence electrons. The molecular weight excluding hydrogens is 230 g/mol. The maximum Gasteiger partial charge on any atom is 0.269 e. The van der Waals surface area contributed by atoms with E-state index in [1.54, 1.807) is 4.57 Å². The number of hydrogen-bond donors (Lipinski definition) is 1. The molecule has 0 spiro atoms. The van der Waals surface area contributed by atoms with Crippen LogP contribution in [0.3, 0.4) is 0 Å². The molecule has 1 heterocycles. The fourth-order valence-electron chi connectivity index (χ4n) is 1.76. The van der Waals surface area contributed by atoms with Gasteiger partial charge in [0.2, 0.25) is 0 Å². The van der Waals surface area contributed by atoms with Crippen LogP contribution in [0.25, 0.3) is 11.0 Å². The second-order valence-corrected chi connectivity index (χ2v) is 4.15. The average molecular weight is 247 g/mol. The van der Waals surface area contributed by atoms with E-state index in [4.69, 9.17) is 10.5 Å². The first kappa shape index (κ1) is 12.7. The lowest BCUT2D eigenvalue weighted by Gasteiger charge is -2.12. The monoisotopic (exact) mass is 247 g/mol. The number of benzene rings is 1. The SMILES string of the molecule is CC(CN)OCCn1c(=O)cnc2ccccc21. The molecule has 0 aliphatic heterocycles. The highest BCUT2D eigenvalue weighted by Gasteiger charge is 2.04. The number of fused-ring (bicyclic) bond motifs is 1. The Balaban J connectivity index is 2.21. The molecule has 2 N–H and O–H groups in total. The summed E-state index contributed by atoms with van der Waals surface area (Å²) < 4.78 is 7.17. The van der Waals surface area contributed by atoms with Gasteiger partial charge in [-0.05, 0) is 19.1 Å². The van der Waals surface area contributed by atoms with Crippen molar-refractivity contribution >= 4 is 11.0 Å². The van der Waals surface area contributed by atoms with E-state index in [2.05, 4.69) is 4.98 Å². The Bertz CT molecular complexity index is 580. The molecule has 0 radical (unpaired) electrons. The zero-order valence-electron chi connectivity index (χ0n) is 10.4. The van der Waals surface area contributed by atoms with Crippen LogP contribution in [-0.2, 0) is 11.3 Å². The van der Waals surface area contributed by atoms with Gasteiger partial charge in [-0.1, -0.05) is 12.1 Å². The molecule has 1 aromatic carbocycles. The van der Waals surface area contributed by atoms with E-state index in [9.17, 15) is 4.79 Å². The van der Waals surface area contributed by atoms with Crippen LogP contribution in [0, 0.1) is 0 Å². The quantitative estimate of drug-likeness (QED) is 0.846. The molecule has 5 nitrogen and oxygen atoms in total. The molecule has 0 bridgehead atoms. The minimum Gasteiger partial charge on any atom is -0.375 e. The van der Waals surface area contributed by atoms with E-state index in [1.807, 2.05) is 31.2 Å². The average Bonchev–Trinajstić information content (AvgIpc) is 2.41. The lowest BCUT2D eigenvalue weighted by molar-refractivity contribution is 0.0662. The van der Waals surface area contributed by atoms with Crippen LogP contribution in [-0.4, -0.2) is 28.8 Å². The van der Waals surface area contributed by atoms with Gasteiger partial charge in [0.05, 0.1) is 29.9 Å². The predicted molar refractivity (Wildman–Crippen MR) is 70.5 cm³/mol. The van der Waals surface area contributed by atoms with Gasteiger partial charge in [0.15, 0.2) is 0 Å². The Kier molecular flexibility index (Phi) is 4.07. The number of nitrogens with zero attached hydrogens (tertiary/aromatic N) is 2. The molecule has 0 fully saturated rings. The highest BCUT2D eigenvalue weighted by molar-refractivity contribution is 5.74. The zero-order valence-corrected chi connectivity index (χ0v) is 10.4. The normalized spacial score (nSPS) is 12.8. The van der Waals surface area contributed by atoms with E-state index < -0.39 is 0 Å². The first-order valence-corrected chi connectivity index (χ1v) is 5.98. The highest BCUT2D eigenvalue weighted by Crippen LogP contribution is 2.07. The van der Waals surface area contributed by atoms with E-state index in [0.717, 1.165) is 11.0 Å². The van der Waals surface area contributed by atoms with E-state index in [-0.39, 0.29) is 11.7 Å². The molecular formula is C13H17N3O2. The van der Waals surface area contributed by atoms with Crippen molar-refractivity contribution in [3.63, 3.8) is 0 Å². The molecule has 0 aliphatic rings. The number of hydrogen-bond acceptors (Lipinski definition) is 4. The molecule has 18 heavy (non-hydrogen) atoms. The third-order valence-electron chi connectivity index (χ3n) is 2.80. The molecule has 2 aromatic rings. The van der Waals surface area contributed by atoms with Gasteiger partial charge in [-0.3, -0.25) is 4.79 Å². The van der Waals surface area contributed by atoms with Crippen molar-refractivity contribution in [2.75, 3.05) is 13.2 Å². The first-order valence-electron chi connectivity index (χ1n) is 5.98. The van der Waals surface area contributed by atoms with Crippen LogP contribution in [0.4, 0.5) is 0 Å². The Hall–Kier alpha value is -1.72. The summed E-state index contributed by atoms with van der Waals surface area (Å²) in [4.78, 5) is 15.9. The van der Waals surface area contributed by atoms with Crippen LogP contribution in [0.15, 0.2) is 35.3 Å². The molecule has 1 unspecified atom stereocenters. The zero-order chi connectivity index (χ0) is 13.0. The van der Waals surface area contributed by atoms with Crippen molar-refractivity contribution in [2.24, 2.45) is 5.73 Å². The smallest absolute Gasteiger partial charge is 0.269 e. The molecule has 2 rings (SSSR count). The highest BCUT2D eigenvalue weighted by atomic mass is 16.5. The molecule has 0 saturated carbocycles. The summed E-state index contributed by atoms with van der Waals surface area (Å²) in [7, 11) is 0. The van der Waals surface area contributed by atoms with Crippen LogP contribution < -0.4 is 11.3 Å². The Morgan fingerprint density at radius 1 is 1.44 bits per heavy atom. The number of ether oxygens (including phenoxy) is 1. The van der Waals surface area contributed by atoms with Gasteiger partial charge in [0.1, 0.15) is 0 Å². The lowest BCUT2D eigenvalue weighted by Crippen LogP contribution is -2.26. The summed E-state index contributed by atoms with van der Waals surface area (Å²) in [6.07, 6.45) is 1.35. The molecule has 1 aromatic heterocycles. The van der Waals surface area contributed by atoms with E-state index >= 15 is 0 Å². The van der Waals surface area contributed by atoms with Crippen molar-refractivity contribution < 1.29 is 4.74 Å². The Morgan fingerprint density at radius 2 is 2.22 bits per heavy atom. The van der Waals surface area contributed by atoms with Crippen molar-refractivity contribution in [3.8, 4) is 0 Å². The Morgan fingerprint density at radius 3 is 3.00 bits per heavy atom. The second-order valence-electron chi connectivity index (χ2n) is 4.15. The van der Waals surface area contributed by atoms with Gasteiger partial charge in [-0.25, -0.2) is 4.98 Å². The minimum absolute atomic E-state index is 0.00815. The maximum absolute atomic E-state index is 11.8. The third-order valence-corrected chi connectivity index (χ3v) is 2.80. The maximum atomic E-state index is 11.8. The van der Waals surface area contributed by atoms with Crippen molar-refractivity contribution in [3.05, 3.63) is 40.8 Å². The lowest BCUT2D eigenvalue weighted by atomic mass is 10.3. The summed E-state index contributed by atoms with van der Waals surface area (Å²) in [6.45, 7) is 3.36. The molecule has 5 heteroatoms. The summed E-state index contributed by atoms with van der Waals surface area (Å²) in [5, 5.41) is 0. The summed E-state index contributed by atoms with van der Waals surface area (Å²) in [5.74, 6) is 0. The minimum atomic E-state index is -0.113. The molecule has 0 saturated heterocycles. The molecule has 0 aliphatic carbocycles. The number of para-hydroxylation sites is 2. The van der Waals surface area contributed by atoms with Gasteiger partial charge in [-0.15, -0.1) is 0 Å². The van der Waals surface area contributed by atoms with E-state index in [1.165, 1.54) is 6.20 Å². The summed E-state index contributed by atoms with van der Waals surface area (Å²) in [6, 6.07) is 7.56. The second kappa shape index (κ2) is 5.75. The van der Waals surface area contributed by atoms with Crippen LogP contribution in [0.1, 0.15) is 6.92 Å². The van der Waals surface area contributed by atoms with Crippen molar-refractivity contribution in [1.82, 2.24) is 9.55 Å². The van der Waals surface area contributed by atoms with Crippen molar-refractivity contribution in [1.29, 1.82) is 0 Å². The largest absolute Gasteiger partial charge is 0.375 e. The molecule has 0 amide bonds. The van der Waals surface area contributed by atoms with Gasteiger partial charge in [-0.2, -0.15) is 0 Å². The number of nitrogens with two attached hydrogens (primary N) is 1. The van der Waals surface area contributed by atoms with Crippen LogP contribution >= 0.6 is 0 Å². The summed E-state index contributed by atoms with van der Waals surface area (Å²) >= 11 is 0. The third kappa shape index (κ3) is 2.75. The van der Waals surface area contributed by atoms with Crippen LogP contribution in [0.5, 0.6) is 0 Å². The van der Waals surface area contributed by atoms with Gasteiger partial charge < -0.3 is 15.0 Å². The first-order chi connectivity index (χ1) is 8.72. The summed E-state index contributed by atoms with van der Waals surface area (Å²) in [5.41, 5.74) is 6.99. The standard InChI is InChI=1S/C13H17N3O2/c1-10(8-14)18-7-6-16-12-5-3-2-4-11(12)15-9-13(16)17/h2-5,9-10H,6-8,14H2,1H3. The van der Waals surface area contributed by atoms with Gasteiger partial charge in [0.25, 0.3) is 5.56 Å². The fourth-order valence-corrected chi connectivity index (χ4v) is 1.76. The van der Waals surface area contributed by atoms with E-state index in [0.29, 0.717) is 19.7 Å².